The zero-order valence-corrected chi connectivity index (χ0v) is 19.5. The molecule has 0 fully saturated rings. The van der Waals surface area contributed by atoms with Crippen molar-refractivity contribution in [3.8, 4) is 11.5 Å². The Kier molecular flexibility index (Phi) is 6.92. The van der Waals surface area contributed by atoms with Crippen molar-refractivity contribution in [3.63, 3.8) is 0 Å². The summed E-state index contributed by atoms with van der Waals surface area (Å²) in [5.74, 6) is 0.976. The van der Waals surface area contributed by atoms with Crippen molar-refractivity contribution in [2.24, 2.45) is 0 Å². The second kappa shape index (κ2) is 10.2. The fourth-order valence-electron chi connectivity index (χ4n) is 3.54. The standard InChI is InChI=1S/C27H27N3O4/c1-4-20-8-11-23(12-9-20)33-17-25(31)28-21-10-7-18(2)24(14-21)34-16-22-15-26(32)30-13-5-6-19(3)27(30)29-22/h5-15H,4,16-17H2,1-3H3,(H,28,31). The zero-order valence-electron chi connectivity index (χ0n) is 19.5. The number of nitrogens with zero attached hydrogens (tertiary/aromatic N) is 2. The quantitative estimate of drug-likeness (QED) is 0.422. The highest BCUT2D eigenvalue weighted by molar-refractivity contribution is 5.92. The van der Waals surface area contributed by atoms with E-state index in [0.29, 0.717) is 28.5 Å². The molecule has 34 heavy (non-hydrogen) atoms. The molecule has 0 bridgehead atoms. The van der Waals surface area contributed by atoms with Crippen molar-refractivity contribution in [1.29, 1.82) is 0 Å². The SMILES string of the molecule is CCc1ccc(OCC(=O)Nc2ccc(C)c(OCc3cc(=O)n4cccc(C)c4n3)c2)cc1. The van der Waals surface area contributed by atoms with Crippen LogP contribution in [0.5, 0.6) is 11.5 Å². The van der Waals surface area contributed by atoms with Crippen LogP contribution in [0.25, 0.3) is 5.65 Å². The highest BCUT2D eigenvalue weighted by Crippen LogP contribution is 2.24. The van der Waals surface area contributed by atoms with Crippen LogP contribution in [0.4, 0.5) is 5.69 Å². The van der Waals surface area contributed by atoms with Gasteiger partial charge in [0.15, 0.2) is 6.61 Å². The van der Waals surface area contributed by atoms with Crippen molar-refractivity contribution < 1.29 is 14.3 Å². The Morgan fingerprint density at radius 2 is 1.79 bits per heavy atom. The Labute approximate surface area is 198 Å². The maximum atomic E-state index is 12.4. The molecule has 0 radical (unpaired) electrons. The number of pyridine rings is 1. The van der Waals surface area contributed by atoms with E-state index in [1.54, 1.807) is 18.3 Å². The minimum Gasteiger partial charge on any atom is -0.487 e. The third-order valence-electron chi connectivity index (χ3n) is 5.49. The molecule has 0 spiro atoms. The van der Waals surface area contributed by atoms with E-state index >= 15 is 0 Å². The van der Waals surface area contributed by atoms with Gasteiger partial charge >= 0.3 is 0 Å². The summed E-state index contributed by atoms with van der Waals surface area (Å²) < 4.78 is 13.0. The number of hydrogen-bond acceptors (Lipinski definition) is 5. The molecule has 4 rings (SSSR count). The Hall–Kier alpha value is -4.13. The molecule has 0 atom stereocenters. The normalized spacial score (nSPS) is 10.8. The van der Waals surface area contributed by atoms with Crippen LogP contribution in [0.1, 0.15) is 29.3 Å². The summed E-state index contributed by atoms with van der Waals surface area (Å²) in [5, 5.41) is 2.83. The maximum absolute atomic E-state index is 12.4. The van der Waals surface area contributed by atoms with Gasteiger partial charge < -0.3 is 14.8 Å². The first-order chi connectivity index (χ1) is 16.4. The summed E-state index contributed by atoms with van der Waals surface area (Å²) in [5.41, 5.74) is 4.60. The Bertz CT molecular complexity index is 1380. The number of aryl methyl sites for hydroxylation is 3. The van der Waals surface area contributed by atoms with E-state index in [9.17, 15) is 9.59 Å². The number of carbonyl (C=O) groups is 1. The van der Waals surface area contributed by atoms with Gasteiger partial charge in [-0.15, -0.1) is 0 Å². The number of nitrogens with one attached hydrogen (secondary N) is 1. The van der Waals surface area contributed by atoms with E-state index in [4.69, 9.17) is 9.47 Å². The van der Waals surface area contributed by atoms with Crippen LogP contribution in [0.3, 0.4) is 0 Å². The highest BCUT2D eigenvalue weighted by Gasteiger charge is 2.09. The molecule has 7 heteroatoms. The highest BCUT2D eigenvalue weighted by atomic mass is 16.5. The van der Waals surface area contributed by atoms with Crippen LogP contribution in [-0.2, 0) is 17.8 Å². The van der Waals surface area contributed by atoms with Crippen molar-refractivity contribution >= 4 is 17.2 Å². The molecule has 174 valence electrons. The monoisotopic (exact) mass is 457 g/mol. The van der Waals surface area contributed by atoms with Gasteiger partial charge in [-0.2, -0.15) is 0 Å². The van der Waals surface area contributed by atoms with Crippen LogP contribution in [-0.4, -0.2) is 21.9 Å². The number of ether oxygens (including phenoxy) is 2. The molecule has 1 N–H and O–H groups in total. The molecular formula is C27H27N3O4. The molecule has 0 saturated heterocycles. The molecule has 4 aromatic rings. The third kappa shape index (κ3) is 5.43. The van der Waals surface area contributed by atoms with Crippen molar-refractivity contribution in [1.82, 2.24) is 9.38 Å². The average molecular weight is 458 g/mol. The van der Waals surface area contributed by atoms with Crippen molar-refractivity contribution in [2.75, 3.05) is 11.9 Å². The summed E-state index contributed by atoms with van der Waals surface area (Å²) in [4.78, 5) is 29.3. The van der Waals surface area contributed by atoms with Gasteiger partial charge in [-0.1, -0.05) is 31.2 Å². The van der Waals surface area contributed by atoms with E-state index < -0.39 is 0 Å². The molecule has 0 aliphatic carbocycles. The Morgan fingerprint density at radius 3 is 2.56 bits per heavy atom. The predicted molar refractivity (Wildman–Crippen MR) is 132 cm³/mol. The number of amides is 1. The number of carbonyl (C=O) groups excluding carboxylic acids is 1. The summed E-state index contributed by atoms with van der Waals surface area (Å²) in [6.45, 7) is 5.95. The van der Waals surface area contributed by atoms with E-state index in [1.165, 1.54) is 16.0 Å². The topological polar surface area (TPSA) is 81.9 Å². The third-order valence-corrected chi connectivity index (χ3v) is 5.49. The van der Waals surface area contributed by atoms with Crippen LogP contribution in [0.15, 0.2) is 71.7 Å². The lowest BCUT2D eigenvalue weighted by Gasteiger charge is -2.13. The Balaban J connectivity index is 1.40. The summed E-state index contributed by atoms with van der Waals surface area (Å²) in [7, 11) is 0. The molecule has 1 amide bonds. The lowest BCUT2D eigenvalue weighted by Crippen LogP contribution is -2.20. The number of fused-ring (bicyclic) bond motifs is 1. The van der Waals surface area contributed by atoms with Gasteiger partial charge in [0.1, 0.15) is 23.8 Å². The molecule has 2 heterocycles. The van der Waals surface area contributed by atoms with E-state index in [1.807, 2.05) is 56.3 Å². The van der Waals surface area contributed by atoms with Gasteiger partial charge in [0.25, 0.3) is 11.5 Å². The van der Waals surface area contributed by atoms with Crippen LogP contribution in [0.2, 0.25) is 0 Å². The lowest BCUT2D eigenvalue weighted by atomic mass is 10.2. The predicted octanol–water partition coefficient (Wildman–Crippen LogP) is 4.47. The maximum Gasteiger partial charge on any atom is 0.262 e. The first-order valence-corrected chi connectivity index (χ1v) is 11.2. The second-order valence-corrected chi connectivity index (χ2v) is 8.07. The fourth-order valence-corrected chi connectivity index (χ4v) is 3.54. The second-order valence-electron chi connectivity index (χ2n) is 8.07. The summed E-state index contributed by atoms with van der Waals surface area (Å²) in [6, 6.07) is 18.3. The van der Waals surface area contributed by atoms with Gasteiger partial charge in [-0.05, 0) is 61.2 Å². The summed E-state index contributed by atoms with van der Waals surface area (Å²) in [6.07, 6.45) is 2.65. The van der Waals surface area contributed by atoms with Crippen molar-refractivity contribution in [3.05, 3.63) is 99.6 Å². The van der Waals surface area contributed by atoms with Gasteiger partial charge in [-0.25, -0.2) is 4.98 Å². The van der Waals surface area contributed by atoms with Crippen molar-refractivity contribution in [2.45, 2.75) is 33.8 Å². The smallest absolute Gasteiger partial charge is 0.262 e. The molecule has 2 aromatic carbocycles. The molecule has 0 aliphatic heterocycles. The van der Waals surface area contributed by atoms with E-state index in [-0.39, 0.29) is 24.7 Å². The molecular weight excluding hydrogens is 430 g/mol. The molecule has 0 saturated carbocycles. The van der Waals surface area contributed by atoms with Gasteiger partial charge in [0.05, 0.1) is 5.69 Å². The lowest BCUT2D eigenvalue weighted by molar-refractivity contribution is -0.118. The summed E-state index contributed by atoms with van der Waals surface area (Å²) >= 11 is 0. The average Bonchev–Trinajstić information content (AvgIpc) is 2.84. The molecule has 7 nitrogen and oxygen atoms in total. The fraction of sp³-hybridized carbons (Fsp3) is 0.222. The number of anilines is 1. The van der Waals surface area contributed by atoms with E-state index in [2.05, 4.69) is 17.2 Å². The number of rotatable bonds is 8. The van der Waals surface area contributed by atoms with Gasteiger partial charge in [0.2, 0.25) is 0 Å². The minimum atomic E-state index is -0.269. The Morgan fingerprint density at radius 1 is 1.00 bits per heavy atom. The number of benzene rings is 2. The minimum absolute atomic E-state index is 0.0974. The van der Waals surface area contributed by atoms with Gasteiger partial charge in [-0.3, -0.25) is 14.0 Å². The van der Waals surface area contributed by atoms with Crippen LogP contribution < -0.4 is 20.3 Å². The molecule has 0 aliphatic rings. The van der Waals surface area contributed by atoms with E-state index in [0.717, 1.165) is 17.5 Å². The zero-order chi connectivity index (χ0) is 24.1. The van der Waals surface area contributed by atoms with Crippen LogP contribution >= 0.6 is 0 Å². The molecule has 2 aromatic heterocycles. The number of aromatic nitrogens is 2. The first-order valence-electron chi connectivity index (χ1n) is 11.2. The largest absolute Gasteiger partial charge is 0.487 e. The number of hydrogen-bond donors (Lipinski definition) is 1. The first kappa shape index (κ1) is 23.0. The van der Waals surface area contributed by atoms with Crippen LogP contribution in [0, 0.1) is 13.8 Å². The molecule has 0 unspecified atom stereocenters. The van der Waals surface area contributed by atoms with Gasteiger partial charge in [0, 0.05) is 24.0 Å².